The van der Waals surface area contributed by atoms with E-state index in [1.807, 2.05) is 33.0 Å². The van der Waals surface area contributed by atoms with Crippen molar-refractivity contribution in [3.05, 3.63) is 29.3 Å². The molecule has 1 aromatic rings. The fourth-order valence-electron chi connectivity index (χ4n) is 3.11. The number of hydrogen-bond acceptors (Lipinski definition) is 3. The molecule has 21 heavy (non-hydrogen) atoms. The second-order valence-electron chi connectivity index (χ2n) is 6.08. The first-order valence-corrected chi connectivity index (χ1v) is 9.19. The molecule has 1 aliphatic carbocycles. The van der Waals surface area contributed by atoms with E-state index >= 15 is 0 Å². The lowest BCUT2D eigenvalue weighted by Gasteiger charge is -2.21. The average molecular weight is 310 g/mol. The van der Waals surface area contributed by atoms with Crippen LogP contribution in [0.1, 0.15) is 43.7 Å². The van der Waals surface area contributed by atoms with Gasteiger partial charge >= 0.3 is 0 Å². The molecule has 1 atom stereocenters. The summed E-state index contributed by atoms with van der Waals surface area (Å²) in [6.45, 7) is 4.50. The van der Waals surface area contributed by atoms with E-state index in [-0.39, 0.29) is 6.04 Å². The number of benzene rings is 1. The highest BCUT2D eigenvalue weighted by atomic mass is 32.2. The molecule has 0 aliphatic heterocycles. The minimum Gasteiger partial charge on any atom is -0.316 e. The van der Waals surface area contributed by atoms with E-state index in [9.17, 15) is 8.42 Å². The van der Waals surface area contributed by atoms with E-state index in [4.69, 9.17) is 0 Å². The molecule has 0 radical (unpaired) electrons. The fourth-order valence-corrected chi connectivity index (χ4v) is 4.72. The standard InChI is InChI=1S/C16H26N2O2S/c1-12-8-9-14(11-17-3)10-16(12)21(19,20)18-13(2)15-6-4-5-7-15/h8-10,13,15,17-18H,4-7,11H2,1-3H3. The molecular formula is C16H26N2O2S. The van der Waals surface area contributed by atoms with Gasteiger partial charge in [0.15, 0.2) is 0 Å². The zero-order valence-electron chi connectivity index (χ0n) is 13.1. The molecule has 1 aliphatic rings. The van der Waals surface area contributed by atoms with Crippen molar-refractivity contribution < 1.29 is 8.42 Å². The van der Waals surface area contributed by atoms with Crippen LogP contribution in [0.15, 0.2) is 23.1 Å². The van der Waals surface area contributed by atoms with E-state index < -0.39 is 10.0 Å². The topological polar surface area (TPSA) is 58.2 Å². The van der Waals surface area contributed by atoms with Gasteiger partial charge in [-0.2, -0.15) is 0 Å². The van der Waals surface area contributed by atoms with Crippen molar-refractivity contribution in [3.8, 4) is 0 Å². The maximum Gasteiger partial charge on any atom is 0.241 e. The van der Waals surface area contributed by atoms with Gasteiger partial charge in [-0.25, -0.2) is 13.1 Å². The van der Waals surface area contributed by atoms with Crippen LogP contribution in [0.2, 0.25) is 0 Å². The summed E-state index contributed by atoms with van der Waals surface area (Å²) in [4.78, 5) is 0.403. The monoisotopic (exact) mass is 310 g/mol. The molecule has 1 unspecified atom stereocenters. The Hall–Kier alpha value is -0.910. The molecule has 0 aromatic heterocycles. The van der Waals surface area contributed by atoms with Crippen LogP contribution in [-0.4, -0.2) is 21.5 Å². The summed E-state index contributed by atoms with van der Waals surface area (Å²) in [5.41, 5.74) is 1.78. The van der Waals surface area contributed by atoms with Gasteiger partial charge in [0.25, 0.3) is 0 Å². The molecule has 1 aromatic carbocycles. The lowest BCUT2D eigenvalue weighted by molar-refractivity contribution is 0.424. The third kappa shape index (κ3) is 4.05. The molecule has 0 amide bonds. The minimum atomic E-state index is -3.45. The summed E-state index contributed by atoms with van der Waals surface area (Å²) in [7, 11) is -1.59. The van der Waals surface area contributed by atoms with Gasteiger partial charge in [-0.3, -0.25) is 0 Å². The van der Waals surface area contributed by atoms with Crippen LogP contribution in [0.5, 0.6) is 0 Å². The maximum absolute atomic E-state index is 12.6. The Bertz CT molecular complexity index is 578. The Morgan fingerprint density at radius 1 is 1.29 bits per heavy atom. The zero-order chi connectivity index (χ0) is 15.5. The van der Waals surface area contributed by atoms with E-state index in [0.29, 0.717) is 17.4 Å². The smallest absolute Gasteiger partial charge is 0.241 e. The predicted octanol–water partition coefficient (Wildman–Crippen LogP) is 2.57. The Kier molecular flexibility index (Phi) is 5.41. The number of sulfonamides is 1. The van der Waals surface area contributed by atoms with Crippen molar-refractivity contribution >= 4 is 10.0 Å². The highest BCUT2D eigenvalue weighted by Gasteiger charge is 2.27. The maximum atomic E-state index is 12.6. The van der Waals surface area contributed by atoms with Crippen molar-refractivity contribution in [1.82, 2.24) is 10.0 Å². The van der Waals surface area contributed by atoms with E-state index in [2.05, 4.69) is 10.0 Å². The molecule has 0 spiro atoms. The summed E-state index contributed by atoms with van der Waals surface area (Å²) in [6, 6.07) is 5.62. The van der Waals surface area contributed by atoms with Crippen LogP contribution in [0.25, 0.3) is 0 Å². The lowest BCUT2D eigenvalue weighted by atomic mass is 10.0. The predicted molar refractivity (Wildman–Crippen MR) is 85.7 cm³/mol. The van der Waals surface area contributed by atoms with Crippen LogP contribution in [0, 0.1) is 12.8 Å². The summed E-state index contributed by atoms with van der Waals surface area (Å²) in [6.07, 6.45) is 4.69. The molecule has 1 fully saturated rings. The first kappa shape index (κ1) is 16.5. The summed E-state index contributed by atoms with van der Waals surface area (Å²) < 4.78 is 28.2. The minimum absolute atomic E-state index is 0.00450. The van der Waals surface area contributed by atoms with Crippen LogP contribution < -0.4 is 10.0 Å². The number of nitrogens with one attached hydrogen (secondary N) is 2. The molecule has 4 nitrogen and oxygen atoms in total. The van der Waals surface area contributed by atoms with Gasteiger partial charge in [-0.1, -0.05) is 25.0 Å². The molecule has 0 saturated heterocycles. The summed E-state index contributed by atoms with van der Waals surface area (Å²) in [5.74, 6) is 0.473. The Labute approximate surface area is 128 Å². The van der Waals surface area contributed by atoms with Gasteiger partial charge < -0.3 is 5.32 Å². The fraction of sp³-hybridized carbons (Fsp3) is 0.625. The van der Waals surface area contributed by atoms with Crippen LogP contribution >= 0.6 is 0 Å². The number of aryl methyl sites for hydroxylation is 1. The van der Waals surface area contributed by atoms with Gasteiger partial charge in [0.05, 0.1) is 4.90 Å². The van der Waals surface area contributed by atoms with Gasteiger partial charge in [0, 0.05) is 12.6 Å². The Balaban J connectivity index is 2.19. The SMILES string of the molecule is CNCc1ccc(C)c(S(=O)(=O)NC(C)C2CCCC2)c1. The van der Waals surface area contributed by atoms with Crippen molar-refractivity contribution in [3.63, 3.8) is 0 Å². The highest BCUT2D eigenvalue weighted by Crippen LogP contribution is 2.28. The normalized spacial score (nSPS) is 18.0. The van der Waals surface area contributed by atoms with Crippen molar-refractivity contribution in [2.75, 3.05) is 7.05 Å². The molecule has 0 heterocycles. The average Bonchev–Trinajstić information content (AvgIpc) is 2.94. The molecule has 0 bridgehead atoms. The van der Waals surface area contributed by atoms with Crippen LogP contribution in [0.4, 0.5) is 0 Å². The van der Waals surface area contributed by atoms with Crippen LogP contribution in [0.3, 0.4) is 0 Å². The third-order valence-electron chi connectivity index (χ3n) is 4.37. The molecular weight excluding hydrogens is 284 g/mol. The molecule has 118 valence electrons. The largest absolute Gasteiger partial charge is 0.316 e. The molecule has 2 N–H and O–H groups in total. The molecule has 2 rings (SSSR count). The van der Waals surface area contributed by atoms with Gasteiger partial charge in [0.1, 0.15) is 0 Å². The van der Waals surface area contributed by atoms with Crippen molar-refractivity contribution in [2.45, 2.75) is 57.0 Å². The Morgan fingerprint density at radius 2 is 1.95 bits per heavy atom. The van der Waals surface area contributed by atoms with Crippen LogP contribution in [-0.2, 0) is 16.6 Å². The third-order valence-corrected chi connectivity index (χ3v) is 6.07. The quantitative estimate of drug-likeness (QED) is 0.849. The first-order valence-electron chi connectivity index (χ1n) is 7.70. The first-order chi connectivity index (χ1) is 9.94. The van der Waals surface area contributed by atoms with E-state index in [0.717, 1.165) is 24.0 Å². The number of hydrogen-bond donors (Lipinski definition) is 2. The van der Waals surface area contributed by atoms with E-state index in [1.54, 1.807) is 6.07 Å². The lowest BCUT2D eigenvalue weighted by Crippen LogP contribution is -2.37. The van der Waals surface area contributed by atoms with E-state index in [1.165, 1.54) is 12.8 Å². The number of rotatable bonds is 6. The van der Waals surface area contributed by atoms with Crippen molar-refractivity contribution in [1.29, 1.82) is 0 Å². The Morgan fingerprint density at radius 3 is 2.57 bits per heavy atom. The second-order valence-corrected chi connectivity index (χ2v) is 7.77. The zero-order valence-corrected chi connectivity index (χ0v) is 14.0. The van der Waals surface area contributed by atoms with Gasteiger partial charge in [0.2, 0.25) is 10.0 Å². The van der Waals surface area contributed by atoms with Crippen molar-refractivity contribution in [2.24, 2.45) is 5.92 Å². The highest BCUT2D eigenvalue weighted by molar-refractivity contribution is 7.89. The van der Waals surface area contributed by atoms with Gasteiger partial charge in [-0.05, 0) is 56.8 Å². The van der Waals surface area contributed by atoms with Gasteiger partial charge in [-0.15, -0.1) is 0 Å². The second kappa shape index (κ2) is 6.90. The summed E-state index contributed by atoms with van der Waals surface area (Å²) >= 11 is 0. The molecule has 1 saturated carbocycles. The summed E-state index contributed by atoms with van der Waals surface area (Å²) in [5, 5.41) is 3.05. The molecule has 5 heteroatoms.